The van der Waals surface area contributed by atoms with E-state index in [1.54, 1.807) is 18.0 Å². The van der Waals surface area contributed by atoms with Gasteiger partial charge in [0.1, 0.15) is 0 Å². The second kappa shape index (κ2) is 15.2. The van der Waals surface area contributed by atoms with Crippen LogP contribution in [0.5, 0.6) is 0 Å². The highest BCUT2D eigenvalue weighted by Crippen LogP contribution is 2.37. The average Bonchev–Trinajstić information content (AvgIpc) is 3.66. The van der Waals surface area contributed by atoms with Crippen molar-refractivity contribution in [2.75, 3.05) is 44.3 Å². The van der Waals surface area contributed by atoms with Crippen molar-refractivity contribution < 1.29 is 23.1 Å². The Morgan fingerprint density at radius 1 is 1.08 bits per heavy atom. The van der Waals surface area contributed by atoms with Crippen molar-refractivity contribution in [2.45, 2.75) is 70.1 Å². The molecule has 1 unspecified atom stereocenters. The van der Waals surface area contributed by atoms with Crippen molar-refractivity contribution >= 4 is 40.9 Å². The largest absolute Gasteiger partial charge is 0.416 e. The molecule has 0 radical (unpaired) electrons. The summed E-state index contributed by atoms with van der Waals surface area (Å²) >= 11 is 7.00. The average molecular weight is 702 g/mol. The number of nitrogens with zero attached hydrogens (tertiary/aromatic N) is 5. The molecule has 0 bridgehead atoms. The molecule has 9 nitrogen and oxygen atoms in total. The molecule has 4 heterocycles. The molecule has 258 valence electrons. The van der Waals surface area contributed by atoms with E-state index in [-0.39, 0.29) is 29.2 Å². The highest BCUT2D eigenvalue weighted by atomic mass is 32.2. The number of para-hydroxylation sites is 1. The van der Waals surface area contributed by atoms with Crippen LogP contribution in [0.1, 0.15) is 48.1 Å². The Kier molecular flexibility index (Phi) is 11.0. The lowest BCUT2D eigenvalue weighted by Crippen LogP contribution is -2.47. The third kappa shape index (κ3) is 8.16. The molecule has 2 fully saturated rings. The number of likely N-dealkylation sites (tertiary alicyclic amines) is 2. The summed E-state index contributed by atoms with van der Waals surface area (Å²) in [5.74, 6) is 0.257. The maximum Gasteiger partial charge on any atom is 0.416 e. The fourth-order valence-corrected chi connectivity index (χ4v) is 7.79. The zero-order valence-electron chi connectivity index (χ0n) is 27.0. The summed E-state index contributed by atoms with van der Waals surface area (Å²) < 4.78 is 46.5. The Labute approximate surface area is 289 Å². The molecule has 48 heavy (non-hydrogen) atoms. The van der Waals surface area contributed by atoms with Crippen LogP contribution < -0.4 is 10.6 Å². The van der Waals surface area contributed by atoms with Gasteiger partial charge in [0, 0.05) is 87.2 Å². The van der Waals surface area contributed by atoms with Crippen LogP contribution in [-0.2, 0) is 37.0 Å². The normalized spacial score (nSPS) is 18.6. The SMILES string of the molecule is CSN1CCc2c(c(-c3ccc(C(F)(F)F)c(CNC(=S)Nc4ccccc4)c3)nn2CC(O)CN2CCC(N3CCCC3=O)CC2)C1. The number of fused-ring (bicyclic) bond motifs is 1. The van der Waals surface area contributed by atoms with Gasteiger partial charge in [0.2, 0.25) is 5.91 Å². The molecule has 1 aromatic heterocycles. The van der Waals surface area contributed by atoms with E-state index in [4.69, 9.17) is 17.3 Å². The first-order chi connectivity index (χ1) is 23.1. The molecule has 0 aliphatic carbocycles. The third-order valence-corrected chi connectivity index (χ3v) is 10.5. The standard InChI is InChI=1S/C34H42F3N7O2S2/c1-48-42-17-13-30-28(22-42)32(40-44(30)21-27(45)20-41-15-11-26(12-16-41)43-14-5-8-31(43)46)23-9-10-29(34(35,36)37)24(18-23)19-38-33(47)39-25-6-3-2-4-7-25/h2-4,6-7,9-10,18,26-27,45H,5,8,11-17,19-22H2,1H3,(H2,38,39,47). The molecule has 14 heteroatoms. The Morgan fingerprint density at radius 2 is 1.85 bits per heavy atom. The number of alkyl halides is 3. The number of rotatable bonds is 10. The van der Waals surface area contributed by atoms with Gasteiger partial charge in [-0.15, -0.1) is 0 Å². The predicted molar refractivity (Wildman–Crippen MR) is 186 cm³/mol. The van der Waals surface area contributed by atoms with E-state index in [2.05, 4.69) is 19.8 Å². The molecule has 3 N–H and O–H groups in total. The summed E-state index contributed by atoms with van der Waals surface area (Å²) in [6.07, 6.45) is 0.917. The maximum atomic E-state index is 14.1. The van der Waals surface area contributed by atoms with Crippen molar-refractivity contribution in [1.82, 2.24) is 29.2 Å². The maximum absolute atomic E-state index is 14.1. The number of anilines is 1. The number of thiocarbonyl (C=S) groups is 1. The lowest BCUT2D eigenvalue weighted by atomic mass is 9.97. The summed E-state index contributed by atoms with van der Waals surface area (Å²) in [5.41, 5.74) is 3.28. The summed E-state index contributed by atoms with van der Waals surface area (Å²) in [4.78, 5) is 16.5. The van der Waals surface area contributed by atoms with Crippen LogP contribution in [0.4, 0.5) is 18.9 Å². The molecular weight excluding hydrogens is 660 g/mol. The highest BCUT2D eigenvalue weighted by Gasteiger charge is 2.35. The van der Waals surface area contributed by atoms with Crippen LogP contribution in [-0.4, -0.2) is 91.1 Å². The van der Waals surface area contributed by atoms with Gasteiger partial charge in [-0.2, -0.15) is 18.3 Å². The number of benzene rings is 2. The fourth-order valence-electron chi connectivity index (χ4n) is 7.07. The van der Waals surface area contributed by atoms with Gasteiger partial charge in [-0.3, -0.25) is 9.48 Å². The zero-order chi connectivity index (χ0) is 33.8. The van der Waals surface area contributed by atoms with Crippen LogP contribution in [0.15, 0.2) is 48.5 Å². The topological polar surface area (TPSA) is 88.9 Å². The van der Waals surface area contributed by atoms with Crippen LogP contribution in [0.3, 0.4) is 0 Å². The molecule has 2 aromatic carbocycles. The summed E-state index contributed by atoms with van der Waals surface area (Å²) in [6.45, 7) is 4.57. The second-order valence-corrected chi connectivity index (χ2v) is 14.0. The molecule has 0 saturated carbocycles. The van der Waals surface area contributed by atoms with Gasteiger partial charge in [-0.1, -0.05) is 36.2 Å². The molecular formula is C34H42F3N7O2S2. The number of halogens is 3. The third-order valence-electron chi connectivity index (χ3n) is 9.47. The number of aliphatic hydroxyl groups is 1. The zero-order valence-corrected chi connectivity index (χ0v) is 28.6. The Morgan fingerprint density at radius 3 is 2.54 bits per heavy atom. The first kappa shape index (κ1) is 34.7. The number of amides is 1. The second-order valence-electron chi connectivity index (χ2n) is 12.7. The molecule has 0 spiro atoms. The summed E-state index contributed by atoms with van der Waals surface area (Å²) in [6, 6.07) is 13.6. The van der Waals surface area contributed by atoms with Gasteiger partial charge < -0.3 is 25.5 Å². The quantitative estimate of drug-likeness (QED) is 0.197. The summed E-state index contributed by atoms with van der Waals surface area (Å²) in [7, 11) is 0. The number of piperidine rings is 1. The molecule has 1 atom stereocenters. The minimum atomic E-state index is -4.54. The minimum Gasteiger partial charge on any atom is -0.390 e. The number of carbonyl (C=O) groups excluding carboxylic acids is 1. The van der Waals surface area contributed by atoms with Gasteiger partial charge >= 0.3 is 6.18 Å². The van der Waals surface area contributed by atoms with Crippen molar-refractivity contribution in [3.05, 3.63) is 70.9 Å². The molecule has 3 aliphatic heterocycles. The van der Waals surface area contributed by atoms with E-state index < -0.39 is 17.8 Å². The van der Waals surface area contributed by atoms with E-state index in [0.717, 1.165) is 74.9 Å². The number of carbonyl (C=O) groups is 1. The first-order valence-corrected chi connectivity index (χ1v) is 18.1. The van der Waals surface area contributed by atoms with E-state index >= 15 is 0 Å². The smallest absolute Gasteiger partial charge is 0.390 e. The van der Waals surface area contributed by atoms with Crippen molar-refractivity contribution in [3.63, 3.8) is 0 Å². The first-order valence-electron chi connectivity index (χ1n) is 16.5. The van der Waals surface area contributed by atoms with Crippen molar-refractivity contribution in [2.24, 2.45) is 0 Å². The Bertz CT molecular complexity index is 1600. The minimum absolute atomic E-state index is 0.0668. The number of β-amino-alcohol motifs (C(OH)–C–C–N with tert-alkyl or cyclic N) is 1. The number of hydrogen-bond donors (Lipinski definition) is 3. The van der Waals surface area contributed by atoms with Crippen LogP contribution in [0, 0.1) is 0 Å². The predicted octanol–water partition coefficient (Wildman–Crippen LogP) is 5.14. The van der Waals surface area contributed by atoms with Crippen LogP contribution in [0.2, 0.25) is 0 Å². The Hall–Kier alpha value is -3.17. The molecule has 1 amide bonds. The van der Waals surface area contributed by atoms with Gasteiger partial charge in [0.05, 0.1) is 23.9 Å². The van der Waals surface area contributed by atoms with E-state index in [1.165, 1.54) is 6.07 Å². The molecule has 3 aliphatic rings. The molecule has 2 saturated heterocycles. The van der Waals surface area contributed by atoms with Crippen LogP contribution in [0.25, 0.3) is 11.3 Å². The van der Waals surface area contributed by atoms with Gasteiger partial charge in [0.25, 0.3) is 0 Å². The van der Waals surface area contributed by atoms with E-state index in [1.807, 2.05) is 46.2 Å². The number of nitrogens with one attached hydrogen (secondary N) is 2. The lowest BCUT2D eigenvalue weighted by Gasteiger charge is -2.37. The number of hydrogen-bond acceptors (Lipinski definition) is 7. The molecule has 3 aromatic rings. The number of aliphatic hydroxyl groups excluding tert-OH is 1. The van der Waals surface area contributed by atoms with E-state index in [0.29, 0.717) is 37.3 Å². The Balaban J connectivity index is 1.19. The summed E-state index contributed by atoms with van der Waals surface area (Å²) in [5, 5.41) is 22.3. The van der Waals surface area contributed by atoms with Crippen LogP contribution >= 0.6 is 24.2 Å². The van der Waals surface area contributed by atoms with E-state index in [9.17, 15) is 23.1 Å². The molecule has 6 rings (SSSR count). The van der Waals surface area contributed by atoms with Gasteiger partial charge in [-0.05, 0) is 67.6 Å². The van der Waals surface area contributed by atoms with Gasteiger partial charge in [0.15, 0.2) is 5.11 Å². The van der Waals surface area contributed by atoms with Crippen molar-refractivity contribution in [1.29, 1.82) is 0 Å². The number of aromatic nitrogens is 2. The van der Waals surface area contributed by atoms with Gasteiger partial charge in [-0.25, -0.2) is 4.31 Å². The fraction of sp³-hybridized carbons (Fsp3) is 0.500. The highest BCUT2D eigenvalue weighted by molar-refractivity contribution is 7.96. The van der Waals surface area contributed by atoms with Crippen molar-refractivity contribution in [3.8, 4) is 11.3 Å². The lowest BCUT2D eigenvalue weighted by molar-refractivity contribution is -0.138. The monoisotopic (exact) mass is 701 g/mol.